The molecule has 0 fully saturated rings. The minimum Gasteiger partial charge on any atom is -0.399 e. The number of carbonyl (C=O) groups excluding carboxylic acids is 1. The Labute approximate surface area is 117 Å². The Morgan fingerprint density at radius 2 is 2.25 bits per heavy atom. The van der Waals surface area contributed by atoms with Crippen LogP contribution in [0.1, 0.15) is 10.5 Å². The molecule has 20 heavy (non-hydrogen) atoms. The first-order chi connectivity index (χ1) is 9.72. The fourth-order valence-electron chi connectivity index (χ4n) is 1.60. The molecule has 8 nitrogen and oxygen atoms in total. The van der Waals surface area contributed by atoms with Crippen molar-refractivity contribution in [1.82, 2.24) is 24.6 Å². The minimum absolute atomic E-state index is 0.266. The third-order valence-corrected chi connectivity index (χ3v) is 2.99. The first kappa shape index (κ1) is 12.2. The zero-order valence-corrected chi connectivity index (χ0v) is 10.9. The van der Waals surface area contributed by atoms with Gasteiger partial charge in [0.2, 0.25) is 5.13 Å². The van der Waals surface area contributed by atoms with Crippen LogP contribution in [0.2, 0.25) is 0 Å². The molecule has 1 amide bonds. The Bertz CT molecular complexity index is 737. The second-order valence-corrected chi connectivity index (χ2v) is 4.59. The number of hydrogen-bond donors (Lipinski definition) is 2. The summed E-state index contributed by atoms with van der Waals surface area (Å²) in [6.07, 6.45) is 1.68. The Hall–Kier alpha value is -2.81. The van der Waals surface area contributed by atoms with Crippen LogP contribution in [0, 0.1) is 0 Å². The Morgan fingerprint density at radius 1 is 1.35 bits per heavy atom. The summed E-state index contributed by atoms with van der Waals surface area (Å²) in [5.41, 5.74) is 7.39. The lowest BCUT2D eigenvalue weighted by Gasteiger charge is -2.02. The fourth-order valence-corrected chi connectivity index (χ4v) is 1.96. The SMILES string of the molecule is Nc1cccc(-n2ccc(C(=O)Nc3nnns3)n2)c1. The number of benzene rings is 1. The smallest absolute Gasteiger partial charge is 0.278 e. The van der Waals surface area contributed by atoms with E-state index in [-0.39, 0.29) is 11.6 Å². The van der Waals surface area contributed by atoms with E-state index in [4.69, 9.17) is 5.73 Å². The first-order valence-corrected chi connectivity index (χ1v) is 6.38. The number of anilines is 2. The molecule has 0 saturated carbocycles. The molecule has 9 heteroatoms. The molecule has 2 heterocycles. The van der Waals surface area contributed by atoms with Gasteiger partial charge >= 0.3 is 0 Å². The summed E-state index contributed by atoms with van der Waals surface area (Å²) in [5.74, 6) is -0.369. The van der Waals surface area contributed by atoms with Crippen molar-refractivity contribution in [2.75, 3.05) is 11.1 Å². The van der Waals surface area contributed by atoms with Gasteiger partial charge in [0.25, 0.3) is 5.91 Å². The van der Waals surface area contributed by atoms with Gasteiger partial charge < -0.3 is 5.73 Å². The number of nitrogens with zero attached hydrogens (tertiary/aromatic N) is 5. The van der Waals surface area contributed by atoms with Crippen LogP contribution in [0.15, 0.2) is 36.5 Å². The van der Waals surface area contributed by atoms with Crippen LogP contribution in [0.5, 0.6) is 0 Å². The van der Waals surface area contributed by atoms with E-state index in [2.05, 4.69) is 25.2 Å². The van der Waals surface area contributed by atoms with E-state index in [1.165, 1.54) is 0 Å². The molecule has 0 aliphatic rings. The number of aromatic nitrogens is 5. The van der Waals surface area contributed by atoms with Crippen molar-refractivity contribution in [2.45, 2.75) is 0 Å². The molecule has 0 bridgehead atoms. The molecule has 0 saturated heterocycles. The van der Waals surface area contributed by atoms with Gasteiger partial charge in [-0.2, -0.15) is 5.10 Å². The number of nitrogens with one attached hydrogen (secondary N) is 1. The maximum absolute atomic E-state index is 11.9. The molecular weight excluding hydrogens is 278 g/mol. The standard InChI is InChI=1S/C11H9N7OS/c12-7-2-1-3-8(6-7)18-5-4-9(15-18)10(19)13-11-14-16-17-20-11/h1-6H,12H2,(H,13,14,17,19). The predicted octanol–water partition coefficient (Wildman–Crippen LogP) is 0.953. The van der Waals surface area contributed by atoms with Crippen molar-refractivity contribution >= 4 is 28.3 Å². The number of rotatable bonds is 3. The summed E-state index contributed by atoms with van der Waals surface area (Å²) < 4.78 is 5.13. The van der Waals surface area contributed by atoms with Crippen molar-refractivity contribution < 1.29 is 4.79 Å². The maximum Gasteiger partial charge on any atom is 0.278 e. The van der Waals surface area contributed by atoms with Crippen molar-refractivity contribution in [3.8, 4) is 5.69 Å². The van der Waals surface area contributed by atoms with Gasteiger partial charge in [0.15, 0.2) is 5.69 Å². The van der Waals surface area contributed by atoms with E-state index in [1.807, 2.05) is 12.1 Å². The van der Waals surface area contributed by atoms with Crippen LogP contribution in [0.3, 0.4) is 0 Å². The quantitative estimate of drug-likeness (QED) is 0.694. The highest BCUT2D eigenvalue weighted by molar-refractivity contribution is 7.09. The Kier molecular flexibility index (Phi) is 3.09. The number of carbonyl (C=O) groups is 1. The lowest BCUT2D eigenvalue weighted by Crippen LogP contribution is -2.13. The highest BCUT2D eigenvalue weighted by Crippen LogP contribution is 2.12. The molecule has 3 rings (SSSR count). The molecule has 100 valence electrons. The third kappa shape index (κ3) is 2.47. The lowest BCUT2D eigenvalue weighted by atomic mass is 10.3. The molecule has 0 unspecified atom stereocenters. The minimum atomic E-state index is -0.369. The molecule has 3 N–H and O–H groups in total. The van der Waals surface area contributed by atoms with E-state index in [1.54, 1.807) is 29.1 Å². The van der Waals surface area contributed by atoms with Crippen molar-refractivity contribution in [3.05, 3.63) is 42.2 Å². The Balaban J connectivity index is 1.81. The number of nitrogen functional groups attached to an aromatic ring is 1. The van der Waals surface area contributed by atoms with Crippen molar-refractivity contribution in [3.63, 3.8) is 0 Å². The molecule has 0 atom stereocenters. The average molecular weight is 287 g/mol. The first-order valence-electron chi connectivity index (χ1n) is 5.60. The van der Waals surface area contributed by atoms with Gasteiger partial charge in [0.1, 0.15) is 0 Å². The van der Waals surface area contributed by atoms with Gasteiger partial charge in [0, 0.05) is 23.4 Å². The molecular formula is C11H9N7OS. The van der Waals surface area contributed by atoms with Crippen LogP contribution in [0.25, 0.3) is 5.69 Å². The van der Waals surface area contributed by atoms with Crippen molar-refractivity contribution in [1.29, 1.82) is 0 Å². The topological polar surface area (TPSA) is 112 Å². The van der Waals surface area contributed by atoms with E-state index >= 15 is 0 Å². The van der Waals surface area contributed by atoms with Gasteiger partial charge in [-0.1, -0.05) is 15.7 Å². The van der Waals surface area contributed by atoms with Crippen LogP contribution >= 0.6 is 11.5 Å². The van der Waals surface area contributed by atoms with Gasteiger partial charge in [-0.25, -0.2) is 4.68 Å². The predicted molar refractivity (Wildman–Crippen MR) is 73.6 cm³/mol. The lowest BCUT2D eigenvalue weighted by molar-refractivity contribution is 0.102. The number of nitrogens with two attached hydrogens (primary N) is 1. The van der Waals surface area contributed by atoms with Gasteiger partial charge in [0.05, 0.1) is 5.69 Å². The summed E-state index contributed by atoms with van der Waals surface area (Å²) in [7, 11) is 0. The monoisotopic (exact) mass is 287 g/mol. The summed E-state index contributed by atoms with van der Waals surface area (Å²) >= 11 is 0.996. The van der Waals surface area contributed by atoms with Crippen molar-refractivity contribution in [2.24, 2.45) is 0 Å². The average Bonchev–Trinajstić information content (AvgIpc) is 3.09. The van der Waals surface area contributed by atoms with Crippen LogP contribution in [-0.2, 0) is 0 Å². The zero-order valence-electron chi connectivity index (χ0n) is 10.1. The van der Waals surface area contributed by atoms with Crippen LogP contribution < -0.4 is 11.1 Å². The van der Waals surface area contributed by atoms with Gasteiger partial charge in [-0.15, -0.1) is 0 Å². The fraction of sp³-hybridized carbons (Fsp3) is 0. The maximum atomic E-state index is 11.9. The normalized spacial score (nSPS) is 10.4. The molecule has 0 radical (unpaired) electrons. The highest BCUT2D eigenvalue weighted by atomic mass is 32.1. The zero-order chi connectivity index (χ0) is 13.9. The van der Waals surface area contributed by atoms with Gasteiger partial charge in [-0.05, 0) is 29.5 Å². The largest absolute Gasteiger partial charge is 0.399 e. The van der Waals surface area contributed by atoms with E-state index in [9.17, 15) is 4.79 Å². The van der Waals surface area contributed by atoms with E-state index in [0.717, 1.165) is 17.2 Å². The summed E-state index contributed by atoms with van der Waals surface area (Å²) in [5, 5.41) is 14.1. The second kappa shape index (κ2) is 5.05. The molecule has 0 spiro atoms. The molecule has 0 aliphatic carbocycles. The Morgan fingerprint density at radius 3 is 3.00 bits per heavy atom. The summed E-state index contributed by atoms with van der Waals surface area (Å²) in [4.78, 5) is 11.9. The highest BCUT2D eigenvalue weighted by Gasteiger charge is 2.12. The number of amides is 1. The van der Waals surface area contributed by atoms with Crippen LogP contribution in [0.4, 0.5) is 10.8 Å². The molecule has 3 aromatic rings. The van der Waals surface area contributed by atoms with E-state index < -0.39 is 0 Å². The number of hydrogen-bond acceptors (Lipinski definition) is 7. The van der Waals surface area contributed by atoms with Crippen LogP contribution in [-0.4, -0.2) is 30.5 Å². The second-order valence-electron chi connectivity index (χ2n) is 3.86. The van der Waals surface area contributed by atoms with E-state index in [0.29, 0.717) is 10.8 Å². The summed E-state index contributed by atoms with van der Waals surface area (Å²) in [6.45, 7) is 0. The molecule has 0 aliphatic heterocycles. The molecule has 2 aromatic heterocycles. The molecule has 1 aromatic carbocycles. The third-order valence-electron chi connectivity index (χ3n) is 2.48. The summed E-state index contributed by atoms with van der Waals surface area (Å²) in [6, 6.07) is 8.82. The van der Waals surface area contributed by atoms with Gasteiger partial charge in [-0.3, -0.25) is 10.1 Å².